The molecular weight excluding hydrogens is 300 g/mol. The second-order valence-corrected chi connectivity index (χ2v) is 6.31. The molecule has 0 saturated carbocycles. The molecule has 124 valence electrons. The molecule has 0 aliphatic carbocycles. The summed E-state index contributed by atoms with van der Waals surface area (Å²) < 4.78 is 0. The fraction of sp³-hybridized carbons (Fsp3) is 0.300. The molecule has 1 heterocycles. The molecule has 1 aliphatic heterocycles. The second kappa shape index (κ2) is 7.30. The highest BCUT2D eigenvalue weighted by atomic mass is 16.2. The van der Waals surface area contributed by atoms with Gasteiger partial charge < -0.3 is 10.6 Å². The van der Waals surface area contributed by atoms with Crippen LogP contribution in [0.3, 0.4) is 0 Å². The van der Waals surface area contributed by atoms with Crippen molar-refractivity contribution in [3.8, 4) is 0 Å². The van der Waals surface area contributed by atoms with Crippen LogP contribution in [0.1, 0.15) is 29.9 Å². The van der Waals surface area contributed by atoms with Gasteiger partial charge in [0.2, 0.25) is 11.8 Å². The Balaban J connectivity index is 1.78. The molecule has 24 heavy (non-hydrogen) atoms. The molecule has 3 rings (SSSR count). The second-order valence-electron chi connectivity index (χ2n) is 6.31. The van der Waals surface area contributed by atoms with Gasteiger partial charge in [-0.05, 0) is 17.5 Å². The van der Waals surface area contributed by atoms with Crippen LogP contribution in [0, 0.1) is 5.92 Å². The van der Waals surface area contributed by atoms with Crippen molar-refractivity contribution in [2.45, 2.75) is 18.8 Å². The van der Waals surface area contributed by atoms with Gasteiger partial charge in [0.25, 0.3) is 0 Å². The Morgan fingerprint density at radius 1 is 1.00 bits per heavy atom. The number of carbonyl (C=O) groups excluding carboxylic acids is 2. The largest absolute Gasteiger partial charge is 0.369 e. The summed E-state index contributed by atoms with van der Waals surface area (Å²) in [4.78, 5) is 25.8. The maximum absolute atomic E-state index is 12.7. The Labute approximate surface area is 142 Å². The zero-order valence-corrected chi connectivity index (χ0v) is 13.6. The van der Waals surface area contributed by atoms with Crippen molar-refractivity contribution in [1.29, 1.82) is 0 Å². The fourth-order valence-electron chi connectivity index (χ4n) is 3.32. The number of hydrogen-bond donors (Lipinski definition) is 1. The molecule has 0 bridgehead atoms. The van der Waals surface area contributed by atoms with Crippen molar-refractivity contribution >= 4 is 11.8 Å². The van der Waals surface area contributed by atoms with Gasteiger partial charge in [-0.25, -0.2) is 0 Å². The molecule has 0 aromatic heterocycles. The lowest BCUT2D eigenvalue weighted by molar-refractivity contribution is -0.130. The zero-order chi connectivity index (χ0) is 16.9. The number of carbonyl (C=O) groups is 2. The molecule has 2 aromatic rings. The summed E-state index contributed by atoms with van der Waals surface area (Å²) in [7, 11) is 0. The van der Waals surface area contributed by atoms with Crippen molar-refractivity contribution < 1.29 is 9.59 Å². The van der Waals surface area contributed by atoms with Gasteiger partial charge in [0, 0.05) is 25.4 Å². The van der Waals surface area contributed by atoms with E-state index >= 15 is 0 Å². The molecule has 1 saturated heterocycles. The number of hydrogen-bond acceptors (Lipinski definition) is 2. The van der Waals surface area contributed by atoms with Crippen LogP contribution in [0.5, 0.6) is 0 Å². The molecular formula is C20H22N2O2. The SMILES string of the molecule is NC(=O)C1CCN(C(=O)CC(c2ccccc2)c2ccccc2)C1. The summed E-state index contributed by atoms with van der Waals surface area (Å²) in [6.07, 6.45) is 1.07. The summed E-state index contributed by atoms with van der Waals surface area (Å²) in [5.41, 5.74) is 7.62. The lowest BCUT2D eigenvalue weighted by Gasteiger charge is -2.22. The van der Waals surface area contributed by atoms with Crippen molar-refractivity contribution in [2.75, 3.05) is 13.1 Å². The van der Waals surface area contributed by atoms with Crippen molar-refractivity contribution in [3.05, 3.63) is 71.8 Å². The van der Waals surface area contributed by atoms with E-state index in [9.17, 15) is 9.59 Å². The standard InChI is InChI=1S/C20H22N2O2/c21-20(24)17-11-12-22(14-17)19(23)13-18(15-7-3-1-4-8-15)16-9-5-2-6-10-16/h1-10,17-18H,11-14H2,(H2,21,24). The minimum atomic E-state index is -0.312. The van der Waals surface area contributed by atoms with Crippen LogP contribution >= 0.6 is 0 Å². The molecule has 2 N–H and O–H groups in total. The lowest BCUT2D eigenvalue weighted by atomic mass is 9.88. The molecule has 0 spiro atoms. The molecule has 2 aromatic carbocycles. The highest BCUT2D eigenvalue weighted by Crippen LogP contribution is 2.29. The van der Waals surface area contributed by atoms with E-state index in [0.717, 1.165) is 11.1 Å². The minimum Gasteiger partial charge on any atom is -0.369 e. The van der Waals surface area contributed by atoms with Crippen LogP contribution in [0.4, 0.5) is 0 Å². The van der Waals surface area contributed by atoms with Crippen LogP contribution in [0.25, 0.3) is 0 Å². The molecule has 1 atom stereocenters. The number of amides is 2. The van der Waals surface area contributed by atoms with E-state index in [4.69, 9.17) is 5.73 Å². The van der Waals surface area contributed by atoms with E-state index in [2.05, 4.69) is 24.3 Å². The third-order valence-electron chi connectivity index (χ3n) is 4.73. The summed E-state index contributed by atoms with van der Waals surface area (Å²) in [6, 6.07) is 20.2. The molecule has 4 nitrogen and oxygen atoms in total. The van der Waals surface area contributed by atoms with Gasteiger partial charge in [0.1, 0.15) is 0 Å². The van der Waals surface area contributed by atoms with Gasteiger partial charge >= 0.3 is 0 Å². The summed E-state index contributed by atoms with van der Waals surface area (Å²) in [5, 5.41) is 0. The first-order chi connectivity index (χ1) is 11.6. The molecule has 1 unspecified atom stereocenters. The normalized spacial score (nSPS) is 17.2. The Kier molecular flexibility index (Phi) is 4.94. The predicted octanol–water partition coefficient (Wildman–Crippen LogP) is 2.54. The Hall–Kier alpha value is -2.62. The summed E-state index contributed by atoms with van der Waals surface area (Å²) in [5.74, 6) is -0.419. The van der Waals surface area contributed by atoms with Gasteiger partial charge in [-0.1, -0.05) is 60.7 Å². The monoisotopic (exact) mass is 322 g/mol. The minimum absolute atomic E-state index is 0.0209. The molecule has 1 aliphatic rings. The Bertz CT molecular complexity index is 661. The predicted molar refractivity (Wildman–Crippen MR) is 93.2 cm³/mol. The number of nitrogens with zero attached hydrogens (tertiary/aromatic N) is 1. The highest BCUT2D eigenvalue weighted by molar-refractivity contribution is 5.81. The third kappa shape index (κ3) is 3.65. The summed E-state index contributed by atoms with van der Waals surface area (Å²) in [6.45, 7) is 1.06. The Morgan fingerprint density at radius 3 is 2.00 bits per heavy atom. The number of primary amides is 1. The number of benzene rings is 2. The maximum Gasteiger partial charge on any atom is 0.223 e. The smallest absolute Gasteiger partial charge is 0.223 e. The van der Waals surface area contributed by atoms with Crippen LogP contribution in [-0.4, -0.2) is 29.8 Å². The van der Waals surface area contributed by atoms with Crippen LogP contribution in [0.15, 0.2) is 60.7 Å². The van der Waals surface area contributed by atoms with Gasteiger partial charge in [0.05, 0.1) is 5.92 Å². The first-order valence-electron chi connectivity index (χ1n) is 8.32. The topological polar surface area (TPSA) is 63.4 Å². The van der Waals surface area contributed by atoms with Crippen molar-refractivity contribution in [1.82, 2.24) is 4.90 Å². The van der Waals surface area contributed by atoms with E-state index in [0.29, 0.717) is 25.9 Å². The third-order valence-corrected chi connectivity index (χ3v) is 4.73. The zero-order valence-electron chi connectivity index (χ0n) is 13.6. The number of rotatable bonds is 5. The maximum atomic E-state index is 12.7. The molecule has 4 heteroatoms. The van der Waals surface area contributed by atoms with E-state index in [1.165, 1.54) is 0 Å². The van der Waals surface area contributed by atoms with E-state index < -0.39 is 0 Å². The van der Waals surface area contributed by atoms with Crippen molar-refractivity contribution in [3.63, 3.8) is 0 Å². The number of nitrogens with two attached hydrogens (primary N) is 1. The van der Waals surface area contributed by atoms with E-state index in [1.54, 1.807) is 4.90 Å². The fourth-order valence-corrected chi connectivity index (χ4v) is 3.32. The van der Waals surface area contributed by atoms with Gasteiger partial charge in [-0.2, -0.15) is 0 Å². The molecule has 2 amide bonds. The van der Waals surface area contributed by atoms with Crippen LogP contribution in [0.2, 0.25) is 0 Å². The lowest BCUT2D eigenvalue weighted by Crippen LogP contribution is -2.32. The highest BCUT2D eigenvalue weighted by Gasteiger charge is 2.31. The average molecular weight is 322 g/mol. The first kappa shape index (κ1) is 16.2. The molecule has 0 radical (unpaired) electrons. The van der Waals surface area contributed by atoms with Gasteiger partial charge in [-0.3, -0.25) is 9.59 Å². The first-order valence-corrected chi connectivity index (χ1v) is 8.32. The molecule has 1 fully saturated rings. The van der Waals surface area contributed by atoms with Gasteiger partial charge in [-0.15, -0.1) is 0 Å². The van der Waals surface area contributed by atoms with Crippen molar-refractivity contribution in [2.24, 2.45) is 11.7 Å². The summed E-state index contributed by atoms with van der Waals surface area (Å²) >= 11 is 0. The Morgan fingerprint density at radius 2 is 1.54 bits per heavy atom. The van der Waals surface area contributed by atoms with Crippen LogP contribution < -0.4 is 5.73 Å². The number of likely N-dealkylation sites (tertiary alicyclic amines) is 1. The van der Waals surface area contributed by atoms with Gasteiger partial charge in [0.15, 0.2) is 0 Å². The van der Waals surface area contributed by atoms with Crippen LogP contribution in [-0.2, 0) is 9.59 Å². The van der Waals surface area contributed by atoms with E-state index in [1.807, 2.05) is 36.4 Å². The van der Waals surface area contributed by atoms with E-state index in [-0.39, 0.29) is 23.7 Å². The average Bonchev–Trinajstić information content (AvgIpc) is 3.11. The quantitative estimate of drug-likeness (QED) is 0.919.